The van der Waals surface area contributed by atoms with Crippen molar-refractivity contribution >= 4 is 28.2 Å². The zero-order chi connectivity index (χ0) is 22.8. The number of carbonyl (C=O) groups is 2. The van der Waals surface area contributed by atoms with Crippen molar-refractivity contribution in [3.05, 3.63) is 0 Å². The third-order valence-corrected chi connectivity index (χ3v) is 8.01. The largest absolute Gasteiger partial charge is 0.566 e. The highest BCUT2D eigenvalue weighted by Crippen LogP contribution is 2.13. The minimum absolute atomic E-state index is 0.309. The Morgan fingerprint density at radius 3 is 0.871 bits per heavy atom. The summed E-state index contributed by atoms with van der Waals surface area (Å²) < 4.78 is 0.619. The first-order valence-electron chi connectivity index (χ1n) is 14.2. The van der Waals surface area contributed by atoms with Crippen LogP contribution in [0, 0.1) is 0 Å². The van der Waals surface area contributed by atoms with Gasteiger partial charge in [-0.1, -0.05) is 142 Å². The van der Waals surface area contributed by atoms with Crippen molar-refractivity contribution in [2.45, 2.75) is 168 Å². The summed E-state index contributed by atoms with van der Waals surface area (Å²) in [6.07, 6.45) is 30.1. The fraction of sp³-hybridized carbons (Fsp3) is 0.929. The second-order valence-electron chi connectivity index (χ2n) is 9.83. The van der Waals surface area contributed by atoms with Gasteiger partial charge in [0, 0.05) is 7.83 Å². The van der Waals surface area contributed by atoms with Gasteiger partial charge in [0.25, 0.3) is 0 Å². The summed E-state index contributed by atoms with van der Waals surface area (Å²) in [5, 5.41) is 0. The average Bonchev–Trinajstić information content (AvgIpc) is 2.75. The van der Waals surface area contributed by atoms with Crippen molar-refractivity contribution in [2.75, 3.05) is 0 Å². The van der Waals surface area contributed by atoms with Gasteiger partial charge >= 0.3 is 20.4 Å². The molecule has 0 amide bonds. The zero-order valence-electron chi connectivity index (χ0n) is 21.5. The Morgan fingerprint density at radius 2 is 0.613 bits per heavy atom. The Balaban J connectivity index is 3.31. The Kier molecular flexibility index (Phi) is 26.4. The second-order valence-corrected chi connectivity index (χ2v) is 11.8. The molecule has 0 spiro atoms. The SMILES string of the molecule is CCCCCCCCCCCCC[C](=O)[Mg][C](=O)CCCCCCCCCCCCC. The van der Waals surface area contributed by atoms with Crippen molar-refractivity contribution in [2.24, 2.45) is 0 Å². The summed E-state index contributed by atoms with van der Waals surface area (Å²) in [5.41, 5.74) is 0. The van der Waals surface area contributed by atoms with Gasteiger partial charge in [0.05, 0.1) is 0 Å². The molecule has 31 heavy (non-hydrogen) atoms. The third kappa shape index (κ3) is 26.2. The highest BCUT2D eigenvalue weighted by Gasteiger charge is 2.15. The molecule has 3 heteroatoms. The quantitative estimate of drug-likeness (QED) is 0.0979. The van der Waals surface area contributed by atoms with Crippen LogP contribution < -0.4 is 0 Å². The summed E-state index contributed by atoms with van der Waals surface area (Å²) in [7, 11) is 0. The first-order chi connectivity index (χ1) is 15.2. The minimum atomic E-state index is -1.13. The molecule has 0 aliphatic rings. The van der Waals surface area contributed by atoms with E-state index in [1.54, 1.807) is 0 Å². The van der Waals surface area contributed by atoms with E-state index in [-0.39, 0.29) is 0 Å². The smallest absolute Gasteiger partial charge is 0.335 e. The first kappa shape index (κ1) is 31.1. The van der Waals surface area contributed by atoms with Gasteiger partial charge in [0.2, 0.25) is 0 Å². The molecule has 0 aromatic heterocycles. The van der Waals surface area contributed by atoms with Crippen molar-refractivity contribution in [1.82, 2.24) is 0 Å². The summed E-state index contributed by atoms with van der Waals surface area (Å²) in [5.74, 6) is 0. The summed E-state index contributed by atoms with van der Waals surface area (Å²) >= 11 is -1.13. The van der Waals surface area contributed by atoms with Crippen molar-refractivity contribution in [3.8, 4) is 0 Å². The van der Waals surface area contributed by atoms with Gasteiger partial charge in [0.1, 0.15) is 0 Å². The lowest BCUT2D eigenvalue weighted by atomic mass is 10.1. The van der Waals surface area contributed by atoms with Crippen LogP contribution in [0.4, 0.5) is 0 Å². The molecule has 2 nitrogen and oxygen atoms in total. The van der Waals surface area contributed by atoms with Gasteiger partial charge in [0.15, 0.2) is 0 Å². The molecule has 0 bridgehead atoms. The van der Waals surface area contributed by atoms with Crippen LogP contribution in [0.3, 0.4) is 0 Å². The molecule has 0 radical (unpaired) electrons. The lowest BCUT2D eigenvalue weighted by Crippen LogP contribution is -2.19. The van der Waals surface area contributed by atoms with E-state index in [1.807, 2.05) is 0 Å². The van der Waals surface area contributed by atoms with E-state index in [4.69, 9.17) is 0 Å². The molecule has 180 valence electrons. The van der Waals surface area contributed by atoms with E-state index < -0.39 is 20.4 Å². The maximum absolute atomic E-state index is 12.1. The van der Waals surface area contributed by atoms with Gasteiger partial charge in [-0.2, -0.15) is 0 Å². The maximum atomic E-state index is 12.1. The predicted octanol–water partition coefficient (Wildman–Crippen LogP) is 9.15. The number of rotatable bonds is 26. The summed E-state index contributed by atoms with van der Waals surface area (Å²) in [6, 6.07) is 0. The number of carbonyl (C=O) groups excluding carboxylic acids is 2. The normalized spacial score (nSPS) is 10.9. The fourth-order valence-electron chi connectivity index (χ4n) is 4.37. The van der Waals surface area contributed by atoms with E-state index in [9.17, 15) is 9.59 Å². The molecular formula is C28H54MgO2. The van der Waals surface area contributed by atoms with Crippen molar-refractivity contribution in [3.63, 3.8) is 0 Å². The van der Waals surface area contributed by atoms with Gasteiger partial charge in [-0.25, -0.2) is 0 Å². The highest BCUT2D eigenvalue weighted by atomic mass is 24.5. The van der Waals surface area contributed by atoms with Crippen LogP contribution in [0.5, 0.6) is 0 Å². The molecule has 0 aliphatic heterocycles. The molecule has 0 aromatic rings. The van der Waals surface area contributed by atoms with Crippen LogP contribution in [0.25, 0.3) is 0 Å². The van der Waals surface area contributed by atoms with Gasteiger partial charge in [-0.3, -0.25) is 0 Å². The Labute approximate surface area is 205 Å². The fourth-order valence-corrected chi connectivity index (χ4v) is 5.66. The number of hydrogen-bond acceptors (Lipinski definition) is 2. The van der Waals surface area contributed by atoms with Crippen LogP contribution >= 0.6 is 0 Å². The molecule has 0 fully saturated rings. The predicted molar refractivity (Wildman–Crippen MR) is 138 cm³/mol. The summed E-state index contributed by atoms with van der Waals surface area (Å²) in [6.45, 7) is 4.53. The topological polar surface area (TPSA) is 34.1 Å². The second kappa shape index (κ2) is 26.4. The third-order valence-electron chi connectivity index (χ3n) is 6.51. The van der Waals surface area contributed by atoms with Crippen LogP contribution in [-0.2, 0) is 9.59 Å². The molecule has 0 rings (SSSR count). The lowest BCUT2D eigenvalue weighted by Gasteiger charge is -2.04. The number of unbranched alkanes of at least 4 members (excludes halogenated alkanes) is 20. The van der Waals surface area contributed by atoms with Gasteiger partial charge < -0.3 is 9.59 Å². The molecular weight excluding hydrogens is 393 g/mol. The van der Waals surface area contributed by atoms with Gasteiger partial charge in [-0.15, -0.1) is 0 Å². The minimum Gasteiger partial charge on any atom is -0.335 e. The van der Waals surface area contributed by atoms with Crippen molar-refractivity contribution < 1.29 is 9.59 Å². The van der Waals surface area contributed by atoms with E-state index in [2.05, 4.69) is 13.8 Å². The molecule has 0 N–H and O–H groups in total. The van der Waals surface area contributed by atoms with Crippen LogP contribution in [-0.4, -0.2) is 28.2 Å². The first-order valence-corrected chi connectivity index (χ1v) is 15.7. The number of hydrogen-bond donors (Lipinski definition) is 0. The molecule has 0 saturated heterocycles. The maximum Gasteiger partial charge on any atom is 0.566 e. The van der Waals surface area contributed by atoms with Crippen LogP contribution in [0.15, 0.2) is 0 Å². The standard InChI is InChI=1S/2C14H27O.Mg/c2*1-2-3-4-5-6-7-8-9-10-11-12-13-14-15;/h2*2-13H2,1H3;. The summed E-state index contributed by atoms with van der Waals surface area (Å²) in [4.78, 5) is 24.1. The molecule has 0 aromatic carbocycles. The van der Waals surface area contributed by atoms with E-state index in [0.29, 0.717) is 20.7 Å². The molecule has 0 aliphatic carbocycles. The Morgan fingerprint density at radius 1 is 0.387 bits per heavy atom. The Hall–Kier alpha value is 0.106. The zero-order valence-corrected chi connectivity index (χ0v) is 22.9. The highest BCUT2D eigenvalue weighted by molar-refractivity contribution is 6.97. The average molecular weight is 447 g/mol. The molecule has 0 heterocycles. The Bertz CT molecular complexity index is 358. The van der Waals surface area contributed by atoms with Crippen molar-refractivity contribution in [1.29, 1.82) is 0 Å². The van der Waals surface area contributed by atoms with E-state index in [1.165, 1.54) is 128 Å². The van der Waals surface area contributed by atoms with Crippen LogP contribution in [0.1, 0.15) is 168 Å². The molecule has 0 unspecified atom stereocenters. The lowest BCUT2D eigenvalue weighted by molar-refractivity contribution is -0.115. The molecule has 0 atom stereocenters. The molecule has 0 saturated carbocycles. The van der Waals surface area contributed by atoms with Gasteiger partial charge in [-0.05, 0) is 25.7 Å². The van der Waals surface area contributed by atoms with E-state index in [0.717, 1.165) is 12.8 Å². The van der Waals surface area contributed by atoms with Crippen LogP contribution in [0.2, 0.25) is 0 Å². The monoisotopic (exact) mass is 446 g/mol. The van der Waals surface area contributed by atoms with E-state index >= 15 is 0 Å².